The van der Waals surface area contributed by atoms with Gasteiger partial charge in [0.15, 0.2) is 5.78 Å². The zero-order chi connectivity index (χ0) is 15.1. The van der Waals surface area contributed by atoms with E-state index in [2.05, 4.69) is 10.2 Å². The van der Waals surface area contributed by atoms with Crippen molar-refractivity contribution in [2.75, 3.05) is 25.0 Å². The molecule has 0 spiro atoms. The number of piperidine rings is 1. The Labute approximate surface area is 126 Å². The second kappa shape index (κ2) is 7.93. The number of nitrogens with one attached hydrogen (secondary N) is 1. The van der Waals surface area contributed by atoms with Crippen molar-refractivity contribution < 1.29 is 9.59 Å². The number of nitrogens with zero attached hydrogens (tertiary/aromatic N) is 1. The molecule has 4 nitrogen and oxygen atoms in total. The average Bonchev–Trinajstić information content (AvgIpc) is 2.49. The summed E-state index contributed by atoms with van der Waals surface area (Å²) in [5.41, 5.74) is 1.42. The fourth-order valence-corrected chi connectivity index (χ4v) is 2.66. The van der Waals surface area contributed by atoms with Crippen LogP contribution in [0.1, 0.15) is 49.4 Å². The van der Waals surface area contributed by atoms with Gasteiger partial charge in [0.2, 0.25) is 5.91 Å². The Hall–Kier alpha value is -1.68. The predicted molar refractivity (Wildman–Crippen MR) is 84.6 cm³/mol. The molecule has 0 aromatic heterocycles. The minimum atomic E-state index is 0.0365. The van der Waals surface area contributed by atoms with Crippen LogP contribution in [0.5, 0.6) is 0 Å². The Morgan fingerprint density at radius 2 is 1.76 bits per heavy atom. The zero-order valence-corrected chi connectivity index (χ0v) is 12.7. The van der Waals surface area contributed by atoms with E-state index < -0.39 is 0 Å². The van der Waals surface area contributed by atoms with Crippen molar-refractivity contribution in [1.82, 2.24) is 4.90 Å². The summed E-state index contributed by atoms with van der Waals surface area (Å²) in [6, 6.07) is 7.04. The Morgan fingerprint density at radius 3 is 2.38 bits per heavy atom. The maximum Gasteiger partial charge on any atom is 0.224 e. The molecule has 0 atom stereocenters. The summed E-state index contributed by atoms with van der Waals surface area (Å²) in [4.78, 5) is 25.5. The first-order chi connectivity index (χ1) is 10.1. The van der Waals surface area contributed by atoms with Gasteiger partial charge in [-0.3, -0.25) is 9.59 Å². The van der Waals surface area contributed by atoms with Crippen molar-refractivity contribution in [2.45, 2.75) is 39.0 Å². The lowest BCUT2D eigenvalue weighted by molar-refractivity contribution is -0.116. The molecule has 0 unspecified atom stereocenters. The molecule has 1 aromatic rings. The summed E-state index contributed by atoms with van der Waals surface area (Å²) < 4.78 is 0. The van der Waals surface area contributed by atoms with Gasteiger partial charge in [-0.05, 0) is 70.1 Å². The average molecular weight is 288 g/mol. The lowest BCUT2D eigenvalue weighted by Crippen LogP contribution is -2.31. The molecule has 0 aliphatic carbocycles. The number of carbonyl (C=O) groups is 2. The molecule has 114 valence electrons. The van der Waals surface area contributed by atoms with Gasteiger partial charge < -0.3 is 10.2 Å². The second-order valence-electron chi connectivity index (χ2n) is 5.69. The van der Waals surface area contributed by atoms with Crippen LogP contribution in [0.4, 0.5) is 5.69 Å². The molecule has 1 aliphatic rings. The van der Waals surface area contributed by atoms with Gasteiger partial charge in [-0.15, -0.1) is 0 Å². The Balaban J connectivity index is 1.70. The monoisotopic (exact) mass is 288 g/mol. The largest absolute Gasteiger partial charge is 0.326 e. The molecule has 1 aromatic carbocycles. The van der Waals surface area contributed by atoms with Crippen molar-refractivity contribution in [1.29, 1.82) is 0 Å². The molecule has 4 heteroatoms. The normalized spacial score (nSPS) is 15.7. The van der Waals surface area contributed by atoms with Gasteiger partial charge in [-0.25, -0.2) is 0 Å². The van der Waals surface area contributed by atoms with Gasteiger partial charge in [0.05, 0.1) is 0 Å². The van der Waals surface area contributed by atoms with E-state index in [0.29, 0.717) is 12.0 Å². The summed E-state index contributed by atoms with van der Waals surface area (Å²) in [6.07, 6.45) is 5.36. The summed E-state index contributed by atoms with van der Waals surface area (Å²) in [5, 5.41) is 2.88. The lowest BCUT2D eigenvalue weighted by Gasteiger charge is -2.26. The number of carbonyl (C=O) groups excluding carboxylic acids is 2. The lowest BCUT2D eigenvalue weighted by atomic mass is 10.1. The second-order valence-corrected chi connectivity index (χ2v) is 5.69. The smallest absolute Gasteiger partial charge is 0.224 e. The van der Waals surface area contributed by atoms with Crippen LogP contribution in [-0.4, -0.2) is 36.2 Å². The molecule has 1 fully saturated rings. The van der Waals surface area contributed by atoms with E-state index in [0.717, 1.165) is 18.7 Å². The van der Waals surface area contributed by atoms with Crippen molar-refractivity contribution in [2.24, 2.45) is 0 Å². The maximum atomic E-state index is 11.9. The molecule has 0 saturated carbocycles. The number of benzene rings is 1. The minimum Gasteiger partial charge on any atom is -0.326 e. The first-order valence-electron chi connectivity index (χ1n) is 7.78. The molecule has 1 amide bonds. The number of hydrogen-bond acceptors (Lipinski definition) is 3. The summed E-state index contributed by atoms with van der Waals surface area (Å²) in [6.45, 7) is 4.90. The van der Waals surface area contributed by atoms with Crippen LogP contribution in [0.25, 0.3) is 0 Å². The number of amides is 1. The Kier molecular flexibility index (Phi) is 5.93. The molecule has 1 aliphatic heterocycles. The van der Waals surface area contributed by atoms with E-state index >= 15 is 0 Å². The van der Waals surface area contributed by atoms with Gasteiger partial charge in [0.25, 0.3) is 0 Å². The predicted octanol–water partition coefficient (Wildman–Crippen LogP) is 3.09. The fraction of sp³-hybridized carbons (Fsp3) is 0.529. The summed E-state index contributed by atoms with van der Waals surface area (Å²) >= 11 is 0. The highest BCUT2D eigenvalue weighted by atomic mass is 16.1. The molecule has 0 bridgehead atoms. The number of ketones is 1. The van der Waals surface area contributed by atoms with Crippen LogP contribution in [0, 0.1) is 0 Å². The number of Topliss-reactive ketones (excluding diaryl/α,β-unsaturated/α-hetero) is 1. The topological polar surface area (TPSA) is 49.4 Å². The molecule has 1 saturated heterocycles. The molecule has 1 heterocycles. The minimum absolute atomic E-state index is 0.0365. The summed E-state index contributed by atoms with van der Waals surface area (Å²) in [5.74, 6) is 0.0805. The first kappa shape index (κ1) is 15.7. The molecular formula is C17H24N2O2. The van der Waals surface area contributed by atoms with Crippen molar-refractivity contribution in [3.63, 3.8) is 0 Å². The van der Waals surface area contributed by atoms with E-state index in [-0.39, 0.29) is 11.7 Å². The maximum absolute atomic E-state index is 11.9. The van der Waals surface area contributed by atoms with Crippen LogP contribution >= 0.6 is 0 Å². The van der Waals surface area contributed by atoms with Gasteiger partial charge in [-0.2, -0.15) is 0 Å². The van der Waals surface area contributed by atoms with Crippen LogP contribution in [0.2, 0.25) is 0 Å². The highest BCUT2D eigenvalue weighted by molar-refractivity contribution is 5.95. The van der Waals surface area contributed by atoms with Gasteiger partial charge >= 0.3 is 0 Å². The SMILES string of the molecule is CC(=O)c1ccc(NC(=O)CCCN2CCCCC2)cc1. The zero-order valence-electron chi connectivity index (χ0n) is 12.7. The Morgan fingerprint density at radius 1 is 1.10 bits per heavy atom. The number of likely N-dealkylation sites (tertiary alicyclic amines) is 1. The van der Waals surface area contributed by atoms with Gasteiger partial charge in [0.1, 0.15) is 0 Å². The van der Waals surface area contributed by atoms with Crippen LogP contribution in [-0.2, 0) is 4.79 Å². The van der Waals surface area contributed by atoms with Crippen LogP contribution in [0.3, 0.4) is 0 Å². The number of hydrogen-bond donors (Lipinski definition) is 1. The fourth-order valence-electron chi connectivity index (χ4n) is 2.66. The quantitative estimate of drug-likeness (QED) is 0.818. The van der Waals surface area contributed by atoms with Crippen molar-refractivity contribution in [3.8, 4) is 0 Å². The Bertz CT molecular complexity index is 476. The van der Waals surface area contributed by atoms with E-state index in [4.69, 9.17) is 0 Å². The molecular weight excluding hydrogens is 264 g/mol. The van der Waals surface area contributed by atoms with Crippen LogP contribution in [0.15, 0.2) is 24.3 Å². The van der Waals surface area contributed by atoms with Crippen molar-refractivity contribution in [3.05, 3.63) is 29.8 Å². The van der Waals surface area contributed by atoms with Crippen LogP contribution < -0.4 is 5.32 Å². The third-order valence-electron chi connectivity index (χ3n) is 3.90. The molecule has 0 radical (unpaired) electrons. The third kappa shape index (κ3) is 5.31. The molecule has 2 rings (SSSR count). The highest BCUT2D eigenvalue weighted by Gasteiger charge is 2.10. The highest BCUT2D eigenvalue weighted by Crippen LogP contribution is 2.12. The number of anilines is 1. The van der Waals surface area contributed by atoms with E-state index in [1.807, 2.05) is 0 Å². The third-order valence-corrected chi connectivity index (χ3v) is 3.90. The van der Waals surface area contributed by atoms with Crippen molar-refractivity contribution >= 4 is 17.4 Å². The van der Waals surface area contributed by atoms with E-state index in [1.54, 1.807) is 24.3 Å². The first-order valence-corrected chi connectivity index (χ1v) is 7.78. The van der Waals surface area contributed by atoms with E-state index in [9.17, 15) is 9.59 Å². The molecule has 21 heavy (non-hydrogen) atoms. The van der Waals surface area contributed by atoms with Gasteiger partial charge in [-0.1, -0.05) is 6.42 Å². The van der Waals surface area contributed by atoms with Gasteiger partial charge in [0, 0.05) is 17.7 Å². The molecule has 1 N–H and O–H groups in total. The summed E-state index contributed by atoms with van der Waals surface area (Å²) in [7, 11) is 0. The standard InChI is InChI=1S/C17H24N2O2/c1-14(20)15-7-9-16(10-8-15)18-17(21)6-5-13-19-11-3-2-4-12-19/h7-10H,2-6,11-13H2,1H3,(H,18,21). The number of rotatable bonds is 6. The van der Waals surface area contributed by atoms with E-state index in [1.165, 1.54) is 39.3 Å².